The lowest BCUT2D eigenvalue weighted by atomic mass is 9.95. The Bertz CT molecular complexity index is 1440. The number of nitrogens with zero attached hydrogens (tertiary/aromatic N) is 2. The second-order valence-electron chi connectivity index (χ2n) is 11.1. The Morgan fingerprint density at radius 1 is 0.881 bits per heavy atom. The van der Waals surface area contributed by atoms with E-state index in [1.54, 1.807) is 35.2 Å². The summed E-state index contributed by atoms with van der Waals surface area (Å²) in [7, 11) is -4.07. The third kappa shape index (κ3) is 7.59. The number of carbonyl (C=O) groups excluding carboxylic acids is 2. The summed E-state index contributed by atoms with van der Waals surface area (Å²) < 4.78 is 29.1. The van der Waals surface area contributed by atoms with Crippen molar-refractivity contribution in [3.05, 3.63) is 95.6 Å². The number of benzene rings is 3. The molecular formula is C34H43N3O4S. The van der Waals surface area contributed by atoms with Crippen molar-refractivity contribution in [2.75, 3.05) is 10.8 Å². The van der Waals surface area contributed by atoms with Crippen molar-refractivity contribution in [3.63, 3.8) is 0 Å². The molecule has 1 aliphatic rings. The van der Waals surface area contributed by atoms with Gasteiger partial charge in [-0.05, 0) is 73.6 Å². The summed E-state index contributed by atoms with van der Waals surface area (Å²) in [5.74, 6) is -0.612. The van der Waals surface area contributed by atoms with Crippen LogP contribution in [0.2, 0.25) is 0 Å². The van der Waals surface area contributed by atoms with E-state index >= 15 is 0 Å². The Morgan fingerprint density at radius 2 is 1.52 bits per heavy atom. The monoisotopic (exact) mass is 589 g/mol. The summed E-state index contributed by atoms with van der Waals surface area (Å²) >= 11 is 0. The van der Waals surface area contributed by atoms with Crippen molar-refractivity contribution in [2.45, 2.75) is 89.2 Å². The number of aryl methyl sites for hydroxylation is 2. The highest BCUT2D eigenvalue weighted by Gasteiger charge is 2.34. The second kappa shape index (κ2) is 14.5. The van der Waals surface area contributed by atoms with Gasteiger partial charge in [-0.3, -0.25) is 13.9 Å². The lowest BCUT2D eigenvalue weighted by molar-refractivity contribution is -0.140. The molecule has 0 aromatic heterocycles. The average molecular weight is 590 g/mol. The average Bonchev–Trinajstić information content (AvgIpc) is 3.01. The third-order valence-corrected chi connectivity index (χ3v) is 9.97. The number of rotatable bonds is 12. The topological polar surface area (TPSA) is 86.8 Å². The molecule has 4 rings (SSSR count). The van der Waals surface area contributed by atoms with Gasteiger partial charge in [-0.15, -0.1) is 0 Å². The quantitative estimate of drug-likeness (QED) is 0.280. The normalized spacial score (nSPS) is 14.6. The summed E-state index contributed by atoms with van der Waals surface area (Å²) in [4.78, 5) is 29.6. The number of anilines is 1. The Labute approximate surface area is 251 Å². The number of carbonyl (C=O) groups is 2. The molecular weight excluding hydrogens is 546 g/mol. The van der Waals surface area contributed by atoms with Crippen LogP contribution in [0.15, 0.2) is 83.8 Å². The SMILES string of the molecule is CCc1ccc(N(CC(=O)N(Cc2ccccc2C)C(CC)C(=O)NC2CCCCC2)S(=O)(=O)c2ccccc2)cc1. The van der Waals surface area contributed by atoms with Gasteiger partial charge in [0, 0.05) is 12.6 Å². The zero-order valence-electron chi connectivity index (χ0n) is 25.0. The fraction of sp³-hybridized carbons (Fsp3) is 0.412. The molecule has 3 aromatic rings. The molecule has 1 fully saturated rings. The first-order valence-electron chi connectivity index (χ1n) is 15.1. The molecule has 0 aliphatic heterocycles. The Kier molecular flexibility index (Phi) is 10.8. The molecule has 1 unspecified atom stereocenters. The van der Waals surface area contributed by atoms with Gasteiger partial charge in [0.05, 0.1) is 10.6 Å². The van der Waals surface area contributed by atoms with Crippen LogP contribution in [0.1, 0.15) is 69.1 Å². The smallest absolute Gasteiger partial charge is 0.264 e. The van der Waals surface area contributed by atoms with Crippen LogP contribution in [-0.4, -0.2) is 43.8 Å². The van der Waals surface area contributed by atoms with E-state index in [2.05, 4.69) is 5.32 Å². The minimum Gasteiger partial charge on any atom is -0.352 e. The lowest BCUT2D eigenvalue weighted by Gasteiger charge is -2.34. The molecule has 1 atom stereocenters. The van der Waals surface area contributed by atoms with Crippen LogP contribution in [0, 0.1) is 6.92 Å². The minimum atomic E-state index is -4.07. The molecule has 0 heterocycles. The van der Waals surface area contributed by atoms with Crippen molar-refractivity contribution >= 4 is 27.5 Å². The van der Waals surface area contributed by atoms with Crippen LogP contribution in [0.5, 0.6) is 0 Å². The number of nitrogens with one attached hydrogen (secondary N) is 1. The molecule has 1 aliphatic carbocycles. The first-order chi connectivity index (χ1) is 20.2. The van der Waals surface area contributed by atoms with Gasteiger partial charge in [0.15, 0.2) is 0 Å². The summed E-state index contributed by atoms with van der Waals surface area (Å²) in [6.07, 6.45) is 6.42. The minimum absolute atomic E-state index is 0.0998. The Balaban J connectivity index is 1.70. The highest BCUT2D eigenvalue weighted by atomic mass is 32.2. The molecule has 0 spiro atoms. The van der Waals surface area contributed by atoms with E-state index in [9.17, 15) is 18.0 Å². The highest BCUT2D eigenvalue weighted by molar-refractivity contribution is 7.92. The number of hydrogen-bond acceptors (Lipinski definition) is 4. The summed E-state index contributed by atoms with van der Waals surface area (Å²) in [6, 6.07) is 22.5. The first kappa shape index (κ1) is 31.3. The molecule has 3 aromatic carbocycles. The van der Waals surface area contributed by atoms with E-state index in [0.29, 0.717) is 12.1 Å². The van der Waals surface area contributed by atoms with Crippen molar-refractivity contribution in [3.8, 4) is 0 Å². The molecule has 1 saturated carbocycles. The van der Waals surface area contributed by atoms with Crippen molar-refractivity contribution < 1.29 is 18.0 Å². The summed E-state index contributed by atoms with van der Waals surface area (Å²) in [5, 5.41) is 3.19. The highest BCUT2D eigenvalue weighted by Crippen LogP contribution is 2.26. The molecule has 224 valence electrons. The van der Waals surface area contributed by atoms with E-state index < -0.39 is 28.5 Å². The van der Waals surface area contributed by atoms with Gasteiger partial charge in [0.25, 0.3) is 10.0 Å². The van der Waals surface area contributed by atoms with Crippen LogP contribution in [0.25, 0.3) is 0 Å². The molecule has 2 amide bonds. The standard InChI is InChI=1S/C34H43N3O4S/c1-4-27-20-22-30(23-21-27)37(42(40,41)31-18-10-7-11-19-31)25-33(38)36(24-28-15-13-12-14-26(28)3)32(5-2)34(39)35-29-16-8-6-9-17-29/h7,10-15,18-23,29,32H,4-6,8-9,16-17,24-25H2,1-3H3,(H,35,39). The second-order valence-corrected chi connectivity index (χ2v) is 12.9. The summed E-state index contributed by atoms with van der Waals surface area (Å²) in [5.41, 5.74) is 3.38. The Hall–Kier alpha value is -3.65. The molecule has 0 radical (unpaired) electrons. The van der Waals surface area contributed by atoms with Crippen molar-refractivity contribution in [2.24, 2.45) is 0 Å². The van der Waals surface area contributed by atoms with Gasteiger partial charge in [0.1, 0.15) is 12.6 Å². The lowest BCUT2D eigenvalue weighted by Crippen LogP contribution is -2.54. The molecule has 1 N–H and O–H groups in total. The third-order valence-electron chi connectivity index (χ3n) is 8.18. The van der Waals surface area contributed by atoms with Crippen LogP contribution < -0.4 is 9.62 Å². The number of sulfonamides is 1. The molecule has 0 bridgehead atoms. The van der Waals surface area contributed by atoms with Gasteiger partial charge in [0.2, 0.25) is 11.8 Å². The van der Waals surface area contributed by atoms with Crippen LogP contribution in [0.4, 0.5) is 5.69 Å². The van der Waals surface area contributed by atoms with E-state index in [1.807, 2.05) is 57.2 Å². The van der Waals surface area contributed by atoms with Gasteiger partial charge in [-0.2, -0.15) is 0 Å². The van der Waals surface area contributed by atoms with Gasteiger partial charge in [-0.25, -0.2) is 8.42 Å². The van der Waals surface area contributed by atoms with Crippen molar-refractivity contribution in [1.29, 1.82) is 0 Å². The zero-order valence-corrected chi connectivity index (χ0v) is 25.8. The van der Waals surface area contributed by atoms with E-state index in [1.165, 1.54) is 22.9 Å². The van der Waals surface area contributed by atoms with Crippen LogP contribution in [0.3, 0.4) is 0 Å². The summed E-state index contributed by atoms with van der Waals surface area (Å²) in [6.45, 7) is 5.68. The van der Waals surface area contributed by atoms with Gasteiger partial charge >= 0.3 is 0 Å². The predicted octanol–water partition coefficient (Wildman–Crippen LogP) is 6.01. The maximum atomic E-state index is 14.3. The molecule has 7 nitrogen and oxygen atoms in total. The fourth-order valence-electron chi connectivity index (χ4n) is 5.58. The maximum absolute atomic E-state index is 14.3. The molecule has 42 heavy (non-hydrogen) atoms. The fourth-order valence-corrected chi connectivity index (χ4v) is 7.02. The maximum Gasteiger partial charge on any atom is 0.264 e. The van der Waals surface area contributed by atoms with Crippen molar-refractivity contribution in [1.82, 2.24) is 10.2 Å². The van der Waals surface area contributed by atoms with Crippen LogP contribution in [-0.2, 0) is 32.6 Å². The van der Waals surface area contributed by atoms with E-state index in [0.717, 1.165) is 48.8 Å². The van der Waals surface area contributed by atoms with Gasteiger partial charge < -0.3 is 10.2 Å². The molecule has 0 saturated heterocycles. The Morgan fingerprint density at radius 3 is 2.14 bits per heavy atom. The van der Waals surface area contributed by atoms with Crippen LogP contribution >= 0.6 is 0 Å². The van der Waals surface area contributed by atoms with E-state index in [-0.39, 0.29) is 23.4 Å². The molecule has 8 heteroatoms. The largest absolute Gasteiger partial charge is 0.352 e. The number of amides is 2. The van der Waals surface area contributed by atoms with Gasteiger partial charge in [-0.1, -0.05) is 87.7 Å². The first-order valence-corrected chi connectivity index (χ1v) is 16.5. The number of hydrogen-bond donors (Lipinski definition) is 1. The zero-order chi connectivity index (χ0) is 30.1. The van der Waals surface area contributed by atoms with E-state index in [4.69, 9.17) is 0 Å². The predicted molar refractivity (Wildman–Crippen MR) is 168 cm³/mol.